The van der Waals surface area contributed by atoms with Gasteiger partial charge in [-0.05, 0) is 86.8 Å². The first-order valence-corrected chi connectivity index (χ1v) is 16.2. The highest BCUT2D eigenvalue weighted by atomic mass is 32.2. The fourth-order valence-corrected chi connectivity index (χ4v) is 9.70. The molecular formula is C30H31F8NO5S. The summed E-state index contributed by atoms with van der Waals surface area (Å²) in [6, 6.07) is 2.73. The molecule has 6 nitrogen and oxygen atoms in total. The third kappa shape index (κ3) is 5.78. The predicted molar refractivity (Wildman–Crippen MR) is 144 cm³/mol. The van der Waals surface area contributed by atoms with Gasteiger partial charge >= 0.3 is 24.0 Å². The molecule has 0 bridgehead atoms. The number of hydrogen-bond acceptors (Lipinski definition) is 5. The van der Waals surface area contributed by atoms with Crippen molar-refractivity contribution in [1.82, 2.24) is 5.32 Å². The van der Waals surface area contributed by atoms with Crippen LogP contribution in [0.4, 0.5) is 35.1 Å². The van der Waals surface area contributed by atoms with Crippen molar-refractivity contribution in [2.45, 2.75) is 92.0 Å². The van der Waals surface area contributed by atoms with Gasteiger partial charge in [-0.2, -0.15) is 26.3 Å². The minimum Gasteiger partial charge on any atom is -0.481 e. The summed E-state index contributed by atoms with van der Waals surface area (Å²) >= 11 is 0. The normalized spacial score (nSPS) is 29.6. The second-order valence-electron chi connectivity index (χ2n) is 12.3. The number of ketones is 1. The Labute approximate surface area is 253 Å². The number of aliphatic carboxylic acids is 1. The van der Waals surface area contributed by atoms with E-state index in [2.05, 4.69) is 5.32 Å². The second-order valence-corrected chi connectivity index (χ2v) is 14.4. The van der Waals surface area contributed by atoms with E-state index in [1.807, 2.05) is 0 Å². The van der Waals surface area contributed by atoms with E-state index in [0.29, 0.717) is 31.8 Å². The lowest BCUT2D eigenvalue weighted by Crippen LogP contribution is -2.59. The Kier molecular flexibility index (Phi) is 8.67. The topological polar surface area (TPSA) is 101 Å². The number of carboxylic acids is 1. The fourth-order valence-electron chi connectivity index (χ4n) is 7.58. The summed E-state index contributed by atoms with van der Waals surface area (Å²) in [7, 11) is -4.62. The van der Waals surface area contributed by atoms with E-state index in [9.17, 15) is 53.8 Å². The number of carbonyl (C=O) groups excluding carboxylic acids is 1. The van der Waals surface area contributed by atoms with E-state index < -0.39 is 103 Å². The van der Waals surface area contributed by atoms with Gasteiger partial charge in [0.25, 0.3) is 0 Å². The van der Waals surface area contributed by atoms with Gasteiger partial charge in [0.05, 0.1) is 16.1 Å². The van der Waals surface area contributed by atoms with Gasteiger partial charge in [-0.1, -0.05) is 12.5 Å². The Bertz CT molecular complexity index is 1490. The predicted octanol–water partition coefficient (Wildman–Crippen LogP) is 6.62. The molecule has 45 heavy (non-hydrogen) atoms. The van der Waals surface area contributed by atoms with Crippen LogP contribution in [0.1, 0.15) is 57.8 Å². The number of sulfone groups is 1. The molecule has 5 rings (SSSR count). The zero-order valence-corrected chi connectivity index (χ0v) is 24.5. The Balaban J connectivity index is 1.60. The Morgan fingerprint density at radius 2 is 1.40 bits per heavy atom. The molecule has 1 aliphatic heterocycles. The van der Waals surface area contributed by atoms with Gasteiger partial charge in [0.1, 0.15) is 11.6 Å². The molecule has 0 radical (unpaired) electrons. The van der Waals surface area contributed by atoms with Gasteiger partial charge in [-0.25, -0.2) is 17.2 Å². The van der Waals surface area contributed by atoms with E-state index >= 15 is 4.39 Å². The van der Waals surface area contributed by atoms with Crippen LogP contribution in [0.2, 0.25) is 0 Å². The van der Waals surface area contributed by atoms with Gasteiger partial charge in [0.15, 0.2) is 9.84 Å². The van der Waals surface area contributed by atoms with E-state index in [4.69, 9.17) is 0 Å². The lowest BCUT2D eigenvalue weighted by Gasteiger charge is -2.49. The van der Waals surface area contributed by atoms with Crippen molar-refractivity contribution in [3.05, 3.63) is 53.0 Å². The van der Waals surface area contributed by atoms with Gasteiger partial charge in [-0.15, -0.1) is 0 Å². The molecular weight excluding hydrogens is 638 g/mol. The molecule has 0 saturated heterocycles. The molecule has 0 aromatic heterocycles. The number of fused-ring (bicyclic) bond motifs is 1. The van der Waals surface area contributed by atoms with Gasteiger partial charge < -0.3 is 10.4 Å². The first-order valence-electron chi connectivity index (χ1n) is 14.7. The molecule has 3 unspecified atom stereocenters. The van der Waals surface area contributed by atoms with Crippen LogP contribution in [0.25, 0.3) is 0 Å². The van der Waals surface area contributed by atoms with Crippen LogP contribution in [0.5, 0.6) is 0 Å². The second kappa shape index (κ2) is 11.7. The van der Waals surface area contributed by atoms with E-state index in [0.717, 1.165) is 24.3 Å². The number of carboxylic acid groups (broad SMARTS) is 1. The maximum Gasteiger partial charge on any atom is 0.435 e. The average Bonchev–Trinajstić information content (AvgIpc) is 2.97. The van der Waals surface area contributed by atoms with Crippen molar-refractivity contribution >= 4 is 21.6 Å². The average molecular weight is 670 g/mol. The molecule has 0 spiro atoms. The smallest absolute Gasteiger partial charge is 0.435 e. The first-order chi connectivity index (χ1) is 20.9. The Morgan fingerprint density at radius 3 is 1.96 bits per heavy atom. The monoisotopic (exact) mass is 669 g/mol. The fraction of sp³-hybridized carbons (Fsp3) is 0.600. The molecule has 1 aromatic carbocycles. The number of halogens is 8. The number of nitrogens with one attached hydrogen (secondary N) is 1. The summed E-state index contributed by atoms with van der Waals surface area (Å²) in [6.07, 6.45) is -12.0. The summed E-state index contributed by atoms with van der Waals surface area (Å²) in [5, 5.41) is 10.6. The zero-order chi connectivity index (χ0) is 33.1. The van der Waals surface area contributed by atoms with Crippen LogP contribution in [-0.4, -0.2) is 54.6 Å². The zero-order valence-electron chi connectivity index (χ0n) is 23.7. The summed E-state index contributed by atoms with van der Waals surface area (Å²) in [5.74, 6) is -4.78. The van der Waals surface area contributed by atoms with Gasteiger partial charge in [0, 0.05) is 29.5 Å². The van der Waals surface area contributed by atoms with Crippen LogP contribution in [0, 0.1) is 29.5 Å². The van der Waals surface area contributed by atoms with Gasteiger partial charge in [-0.3, -0.25) is 9.59 Å². The summed E-state index contributed by atoms with van der Waals surface area (Å²) in [5.41, 5.74) is -7.82. The molecule has 1 heterocycles. The highest BCUT2D eigenvalue weighted by Crippen LogP contribution is 2.55. The highest BCUT2D eigenvalue weighted by molar-refractivity contribution is 7.92. The minimum absolute atomic E-state index is 0.0108. The van der Waals surface area contributed by atoms with E-state index in [1.165, 1.54) is 0 Å². The maximum absolute atomic E-state index is 15.2. The van der Waals surface area contributed by atoms with Gasteiger partial charge in [0.2, 0.25) is 0 Å². The standard InChI is InChI=1S/C30H31F8NO5S/c31-18-9-11-19(12-10-18)45(43,44)26-21-3-1-2-20(25(40)15-4-6-16(7-5-15)27(41)42)24(21)39-23-13-8-17(14-22(23)26)28(32,29(33,34)35)30(36,37)38/h9-12,14-16,20-21,24,26,39H,1-8,13H2,(H,41,42)/t15?,16?,20?,21?,24?,26-/m0/s1. The number of Topliss-reactive ketones (excluding diaryl/α,β-unsaturated/α-hetero) is 1. The highest BCUT2D eigenvalue weighted by Gasteiger charge is 2.74. The molecule has 15 heteroatoms. The van der Waals surface area contributed by atoms with Crippen LogP contribution in [0.15, 0.2) is 52.1 Å². The summed E-state index contributed by atoms with van der Waals surface area (Å²) < 4.78 is 139. The summed E-state index contributed by atoms with van der Waals surface area (Å²) in [4.78, 5) is 24.8. The minimum atomic E-state index is -6.38. The molecule has 4 atom stereocenters. The van der Waals surface area contributed by atoms with Crippen molar-refractivity contribution in [3.8, 4) is 0 Å². The molecule has 3 aliphatic carbocycles. The molecule has 2 N–H and O–H groups in total. The van der Waals surface area contributed by atoms with E-state index in [1.54, 1.807) is 0 Å². The van der Waals surface area contributed by atoms with Crippen LogP contribution in [0.3, 0.4) is 0 Å². The van der Waals surface area contributed by atoms with Crippen molar-refractivity contribution in [1.29, 1.82) is 0 Å². The first kappa shape index (κ1) is 33.4. The molecule has 0 amide bonds. The molecule has 4 aliphatic rings. The lowest BCUT2D eigenvalue weighted by molar-refractivity contribution is -0.327. The number of carbonyl (C=O) groups is 2. The molecule has 1 aromatic rings. The number of rotatable bonds is 6. The van der Waals surface area contributed by atoms with Crippen molar-refractivity contribution in [2.24, 2.45) is 23.7 Å². The van der Waals surface area contributed by atoms with Crippen molar-refractivity contribution in [3.63, 3.8) is 0 Å². The summed E-state index contributed by atoms with van der Waals surface area (Å²) in [6.45, 7) is 0. The SMILES string of the molecule is O=C(O)C1CCC(C(=O)C2CCCC3C2NC2=C(C=C(C(F)(C(F)(F)F)C(F)(F)F)CC2)[C@H]3S(=O)(=O)c2ccc(F)cc2)CC1. The third-order valence-corrected chi connectivity index (χ3v) is 12.1. The van der Waals surface area contributed by atoms with Crippen LogP contribution < -0.4 is 5.32 Å². The van der Waals surface area contributed by atoms with E-state index in [-0.39, 0.29) is 30.7 Å². The Hall–Kier alpha value is -2.97. The molecule has 2 fully saturated rings. The number of allylic oxidation sites excluding steroid dienone is 3. The largest absolute Gasteiger partial charge is 0.481 e. The third-order valence-electron chi connectivity index (χ3n) is 9.85. The molecule has 248 valence electrons. The van der Waals surface area contributed by atoms with Crippen LogP contribution in [-0.2, 0) is 19.4 Å². The van der Waals surface area contributed by atoms with Crippen LogP contribution >= 0.6 is 0 Å². The Morgan fingerprint density at radius 1 is 0.822 bits per heavy atom. The quantitative estimate of drug-likeness (QED) is 0.261. The number of hydrogen-bond donors (Lipinski definition) is 2. The number of benzene rings is 1. The lowest BCUT2D eigenvalue weighted by atomic mass is 9.66. The van der Waals surface area contributed by atoms with Crippen molar-refractivity contribution in [2.75, 3.05) is 0 Å². The number of alkyl halides is 7. The van der Waals surface area contributed by atoms with Crippen molar-refractivity contribution < 1.29 is 58.2 Å². The maximum atomic E-state index is 15.2. The molecule has 2 saturated carbocycles.